The van der Waals surface area contributed by atoms with Crippen molar-refractivity contribution in [2.75, 3.05) is 0 Å². The molecule has 0 saturated carbocycles. The number of benzene rings is 2. The summed E-state index contributed by atoms with van der Waals surface area (Å²) in [5.41, 5.74) is 9.05. The molecule has 2 aromatic rings. The van der Waals surface area contributed by atoms with Gasteiger partial charge in [0.25, 0.3) is 0 Å². The van der Waals surface area contributed by atoms with Crippen LogP contribution in [-0.4, -0.2) is 5.11 Å². The van der Waals surface area contributed by atoms with Crippen molar-refractivity contribution >= 4 is 17.3 Å². The summed E-state index contributed by atoms with van der Waals surface area (Å²) in [7, 11) is 0. The number of halogens is 1. The third-order valence-electron chi connectivity index (χ3n) is 3.32. The van der Waals surface area contributed by atoms with E-state index in [0.717, 1.165) is 5.56 Å². The average molecular weight is 288 g/mol. The third kappa shape index (κ3) is 2.63. The molecular formula is C15H14ClN3O. The summed E-state index contributed by atoms with van der Waals surface area (Å²) >= 11 is 6.02. The first-order valence-electron chi connectivity index (χ1n) is 6.25. The van der Waals surface area contributed by atoms with Crippen molar-refractivity contribution in [2.24, 2.45) is 5.11 Å². The maximum absolute atomic E-state index is 11.1. The SMILES string of the molecule is CCC(O)(c1ccccc1)c1cc(Cl)ccc1N=[N+]=[N-]. The van der Waals surface area contributed by atoms with Gasteiger partial charge in [-0.2, -0.15) is 0 Å². The zero-order valence-electron chi connectivity index (χ0n) is 11.0. The predicted octanol–water partition coefficient (Wildman–Crippen LogP) is 4.93. The van der Waals surface area contributed by atoms with Gasteiger partial charge >= 0.3 is 0 Å². The van der Waals surface area contributed by atoms with E-state index in [1.54, 1.807) is 18.2 Å². The minimum absolute atomic E-state index is 0.380. The molecule has 102 valence electrons. The summed E-state index contributed by atoms with van der Waals surface area (Å²) < 4.78 is 0. The minimum atomic E-state index is -1.24. The van der Waals surface area contributed by atoms with E-state index in [2.05, 4.69) is 10.0 Å². The molecule has 2 rings (SSSR count). The number of azide groups is 1. The number of rotatable bonds is 4. The first-order chi connectivity index (χ1) is 9.61. The van der Waals surface area contributed by atoms with Crippen LogP contribution in [0.5, 0.6) is 0 Å². The van der Waals surface area contributed by atoms with Crippen molar-refractivity contribution in [2.45, 2.75) is 18.9 Å². The topological polar surface area (TPSA) is 69.0 Å². The van der Waals surface area contributed by atoms with Crippen LogP contribution in [0.2, 0.25) is 5.02 Å². The summed E-state index contributed by atoms with van der Waals surface area (Å²) in [6.07, 6.45) is 0.436. The van der Waals surface area contributed by atoms with Gasteiger partial charge in [-0.25, -0.2) is 0 Å². The van der Waals surface area contributed by atoms with Crippen LogP contribution < -0.4 is 0 Å². The molecule has 0 amide bonds. The second-order valence-corrected chi connectivity index (χ2v) is 4.87. The molecule has 4 nitrogen and oxygen atoms in total. The molecule has 5 heteroatoms. The Labute approximate surface area is 122 Å². The van der Waals surface area contributed by atoms with Crippen molar-refractivity contribution in [3.05, 3.63) is 75.1 Å². The van der Waals surface area contributed by atoms with Crippen molar-refractivity contribution < 1.29 is 5.11 Å². The molecule has 0 heterocycles. The predicted molar refractivity (Wildman–Crippen MR) is 80.0 cm³/mol. The summed E-state index contributed by atoms with van der Waals surface area (Å²) in [6.45, 7) is 1.87. The van der Waals surface area contributed by atoms with E-state index in [9.17, 15) is 5.11 Å². The van der Waals surface area contributed by atoms with E-state index in [4.69, 9.17) is 17.1 Å². The van der Waals surface area contributed by atoms with Gasteiger partial charge in [0.15, 0.2) is 0 Å². The molecule has 1 N–H and O–H groups in total. The molecule has 0 fully saturated rings. The van der Waals surface area contributed by atoms with Crippen LogP contribution in [0.4, 0.5) is 5.69 Å². The standard InChI is InChI=1S/C15H14ClN3O/c1-2-15(20,11-6-4-3-5-7-11)13-10-12(16)8-9-14(13)18-19-17/h3-10,20H,2H2,1H3. The van der Waals surface area contributed by atoms with Gasteiger partial charge in [-0.05, 0) is 35.2 Å². The van der Waals surface area contributed by atoms with Crippen molar-refractivity contribution in [3.8, 4) is 0 Å². The average Bonchev–Trinajstić information content (AvgIpc) is 2.49. The van der Waals surface area contributed by atoms with E-state index in [0.29, 0.717) is 22.7 Å². The van der Waals surface area contributed by atoms with Gasteiger partial charge in [0.2, 0.25) is 0 Å². The summed E-state index contributed by atoms with van der Waals surface area (Å²) in [5.74, 6) is 0. The molecule has 0 saturated heterocycles. The Balaban J connectivity index is 2.68. The van der Waals surface area contributed by atoms with Crippen LogP contribution in [0.1, 0.15) is 24.5 Å². The summed E-state index contributed by atoms with van der Waals surface area (Å²) in [6, 6.07) is 14.2. The van der Waals surface area contributed by atoms with Gasteiger partial charge in [0.1, 0.15) is 5.60 Å². The van der Waals surface area contributed by atoms with E-state index in [-0.39, 0.29) is 0 Å². The Kier molecular flexibility index (Phi) is 4.30. The fraction of sp³-hybridized carbons (Fsp3) is 0.200. The molecule has 0 aliphatic heterocycles. The van der Waals surface area contributed by atoms with Gasteiger partial charge in [-0.3, -0.25) is 0 Å². The van der Waals surface area contributed by atoms with Gasteiger partial charge in [-0.1, -0.05) is 60.0 Å². The highest BCUT2D eigenvalue weighted by atomic mass is 35.5. The lowest BCUT2D eigenvalue weighted by Gasteiger charge is -2.29. The molecule has 0 aromatic heterocycles. The van der Waals surface area contributed by atoms with Gasteiger partial charge in [0, 0.05) is 15.6 Å². The minimum Gasteiger partial charge on any atom is -0.380 e. The van der Waals surface area contributed by atoms with Crippen molar-refractivity contribution in [1.82, 2.24) is 0 Å². The molecule has 2 aromatic carbocycles. The zero-order valence-corrected chi connectivity index (χ0v) is 11.7. The van der Waals surface area contributed by atoms with Crippen LogP contribution in [0.15, 0.2) is 53.6 Å². The molecule has 0 radical (unpaired) electrons. The Bertz CT molecular complexity index is 653. The Morgan fingerprint density at radius 3 is 2.55 bits per heavy atom. The normalized spacial score (nSPS) is 13.3. The van der Waals surface area contributed by atoms with Gasteiger partial charge in [0.05, 0.1) is 0 Å². The summed E-state index contributed by atoms with van der Waals surface area (Å²) in [4.78, 5) is 2.81. The Hall–Kier alpha value is -2.00. The first kappa shape index (κ1) is 14.4. The second kappa shape index (κ2) is 5.97. The first-order valence-corrected chi connectivity index (χ1v) is 6.62. The zero-order chi connectivity index (χ0) is 14.6. The second-order valence-electron chi connectivity index (χ2n) is 4.43. The third-order valence-corrected chi connectivity index (χ3v) is 3.55. The van der Waals surface area contributed by atoms with Gasteiger partial charge in [-0.15, -0.1) is 0 Å². The fourth-order valence-corrected chi connectivity index (χ4v) is 2.41. The quantitative estimate of drug-likeness (QED) is 0.483. The van der Waals surface area contributed by atoms with Crippen molar-refractivity contribution in [3.63, 3.8) is 0 Å². The maximum atomic E-state index is 11.1. The number of aliphatic hydroxyl groups is 1. The highest BCUT2D eigenvalue weighted by Crippen LogP contribution is 2.39. The Morgan fingerprint density at radius 2 is 1.95 bits per heavy atom. The Morgan fingerprint density at radius 1 is 1.25 bits per heavy atom. The molecule has 1 unspecified atom stereocenters. The lowest BCUT2D eigenvalue weighted by molar-refractivity contribution is 0.0771. The number of hydrogen-bond donors (Lipinski definition) is 1. The van der Waals surface area contributed by atoms with Crippen LogP contribution in [-0.2, 0) is 5.60 Å². The fourth-order valence-electron chi connectivity index (χ4n) is 2.24. The van der Waals surface area contributed by atoms with Crippen LogP contribution in [0.3, 0.4) is 0 Å². The molecular weight excluding hydrogens is 274 g/mol. The molecule has 0 bridgehead atoms. The highest BCUT2D eigenvalue weighted by molar-refractivity contribution is 6.30. The van der Waals surface area contributed by atoms with Crippen LogP contribution in [0.25, 0.3) is 10.4 Å². The monoisotopic (exact) mass is 287 g/mol. The van der Waals surface area contributed by atoms with Crippen LogP contribution in [0, 0.1) is 0 Å². The molecule has 1 atom stereocenters. The van der Waals surface area contributed by atoms with E-state index < -0.39 is 5.60 Å². The van der Waals surface area contributed by atoms with E-state index >= 15 is 0 Å². The van der Waals surface area contributed by atoms with Crippen LogP contribution >= 0.6 is 11.6 Å². The summed E-state index contributed by atoms with van der Waals surface area (Å²) in [5, 5.41) is 15.2. The van der Waals surface area contributed by atoms with Gasteiger partial charge < -0.3 is 5.11 Å². The largest absolute Gasteiger partial charge is 0.380 e. The lowest BCUT2D eigenvalue weighted by Crippen LogP contribution is -2.26. The lowest BCUT2D eigenvalue weighted by atomic mass is 9.83. The number of hydrogen-bond acceptors (Lipinski definition) is 2. The van der Waals surface area contributed by atoms with E-state index in [1.807, 2.05) is 37.3 Å². The highest BCUT2D eigenvalue weighted by Gasteiger charge is 2.31. The van der Waals surface area contributed by atoms with E-state index in [1.165, 1.54) is 0 Å². The molecule has 0 aliphatic carbocycles. The molecule has 0 spiro atoms. The molecule has 20 heavy (non-hydrogen) atoms. The number of nitrogens with zero attached hydrogens (tertiary/aromatic N) is 3. The van der Waals surface area contributed by atoms with Crippen molar-refractivity contribution in [1.29, 1.82) is 0 Å². The molecule has 0 aliphatic rings. The maximum Gasteiger partial charge on any atom is 0.115 e. The smallest absolute Gasteiger partial charge is 0.115 e.